The molecule has 0 bridgehead atoms. The van der Waals surface area contributed by atoms with E-state index >= 15 is 0 Å². The lowest BCUT2D eigenvalue weighted by molar-refractivity contribution is -0.870. The quantitative estimate of drug-likeness (QED) is 0.0261. The minimum atomic E-state index is -4.52. The second-order valence-corrected chi connectivity index (χ2v) is 19.3. The van der Waals surface area contributed by atoms with E-state index in [9.17, 15) is 14.3 Å². The van der Waals surface area contributed by atoms with Crippen LogP contribution in [-0.4, -0.2) is 70.7 Å². The predicted molar refractivity (Wildman–Crippen MR) is 236 cm³/mol. The third-order valence-electron chi connectivity index (χ3n) is 10.9. The highest BCUT2D eigenvalue weighted by Gasteiger charge is 2.20. The number of esters is 1. The van der Waals surface area contributed by atoms with E-state index in [1.54, 1.807) is 0 Å². The zero-order valence-corrected chi connectivity index (χ0v) is 39.0. The van der Waals surface area contributed by atoms with Crippen molar-refractivity contribution in [2.24, 2.45) is 0 Å². The van der Waals surface area contributed by atoms with Gasteiger partial charge in [0.2, 0.25) is 0 Å². The highest BCUT2D eigenvalue weighted by atomic mass is 31.2. The Morgan fingerprint density at radius 2 is 0.821 bits per heavy atom. The van der Waals surface area contributed by atoms with Crippen LogP contribution in [0, 0.1) is 0 Å². The van der Waals surface area contributed by atoms with E-state index in [1.807, 2.05) is 21.1 Å². The van der Waals surface area contributed by atoms with Crippen molar-refractivity contribution >= 4 is 13.8 Å². The predicted octanol–water partition coefficient (Wildman–Crippen LogP) is 13.8. The lowest BCUT2D eigenvalue weighted by Crippen LogP contribution is -2.37. The Hall–Kier alpha value is -0.500. The summed E-state index contributed by atoms with van der Waals surface area (Å²) < 4.78 is 34.7. The Kier molecular flexibility index (Phi) is 40.9. The number of ether oxygens (including phenoxy) is 2. The molecule has 0 fully saturated rings. The summed E-state index contributed by atoms with van der Waals surface area (Å²) >= 11 is 0. The number of phosphoric acid groups is 1. The fourth-order valence-corrected chi connectivity index (χ4v) is 7.87. The Morgan fingerprint density at radius 1 is 0.482 bits per heavy atom. The van der Waals surface area contributed by atoms with Crippen molar-refractivity contribution in [3.8, 4) is 0 Å². The average Bonchev–Trinajstić information content (AvgIpc) is 3.15. The normalized spacial score (nSPS) is 13.6. The summed E-state index contributed by atoms with van der Waals surface area (Å²) in [5, 5.41) is 0. The number of hydrogen-bond donors (Lipinski definition) is 0. The van der Waals surface area contributed by atoms with E-state index < -0.39 is 13.9 Å². The van der Waals surface area contributed by atoms with Gasteiger partial charge in [-0.2, -0.15) is 0 Å². The largest absolute Gasteiger partial charge is 0.756 e. The van der Waals surface area contributed by atoms with Crippen molar-refractivity contribution in [2.45, 2.75) is 245 Å². The number of unbranched alkanes of at least 4 members (excludes halogenated alkanes) is 32. The third kappa shape index (κ3) is 44.6. The number of rotatable bonds is 46. The van der Waals surface area contributed by atoms with E-state index in [0.29, 0.717) is 24.1 Å². The average molecular weight is 818 g/mol. The minimum Gasteiger partial charge on any atom is -0.756 e. The van der Waals surface area contributed by atoms with Gasteiger partial charge in [-0.25, -0.2) is 0 Å². The minimum absolute atomic E-state index is 0.0315. The van der Waals surface area contributed by atoms with E-state index in [0.717, 1.165) is 32.1 Å². The van der Waals surface area contributed by atoms with Crippen LogP contribution in [0.15, 0.2) is 0 Å². The van der Waals surface area contributed by atoms with E-state index in [1.165, 1.54) is 186 Å². The van der Waals surface area contributed by atoms with Crippen LogP contribution < -0.4 is 4.89 Å². The molecule has 0 saturated heterocycles. The molecule has 336 valence electrons. The number of quaternary nitrogens is 1. The first-order chi connectivity index (χ1) is 27.1. The highest BCUT2D eigenvalue weighted by molar-refractivity contribution is 7.45. The maximum absolute atomic E-state index is 12.7. The molecule has 56 heavy (non-hydrogen) atoms. The van der Waals surface area contributed by atoms with Gasteiger partial charge in [0.15, 0.2) is 0 Å². The number of hydrogen-bond acceptors (Lipinski definition) is 7. The van der Waals surface area contributed by atoms with Crippen LogP contribution in [0.25, 0.3) is 0 Å². The Morgan fingerprint density at radius 3 is 1.18 bits per heavy atom. The summed E-state index contributed by atoms with van der Waals surface area (Å²) in [6.07, 6.45) is 44.0. The number of carbonyl (C=O) groups is 1. The van der Waals surface area contributed by atoms with Crippen molar-refractivity contribution in [2.75, 3.05) is 54.1 Å². The summed E-state index contributed by atoms with van der Waals surface area (Å²) in [4.78, 5) is 25.1. The van der Waals surface area contributed by atoms with Gasteiger partial charge in [0.25, 0.3) is 7.82 Å². The molecule has 0 spiro atoms. The van der Waals surface area contributed by atoms with Crippen molar-refractivity contribution in [1.82, 2.24) is 0 Å². The molecule has 0 amide bonds. The summed E-state index contributed by atoms with van der Waals surface area (Å²) in [6.45, 7) is 5.48. The molecule has 0 aliphatic rings. The molecule has 0 aliphatic heterocycles. The number of phosphoric ester groups is 1. The van der Waals surface area contributed by atoms with E-state index in [-0.39, 0.29) is 25.8 Å². The van der Waals surface area contributed by atoms with Crippen molar-refractivity contribution in [3.63, 3.8) is 0 Å². The van der Waals surface area contributed by atoms with Crippen LogP contribution in [0.1, 0.15) is 239 Å². The van der Waals surface area contributed by atoms with Crippen LogP contribution in [-0.2, 0) is 27.9 Å². The summed E-state index contributed by atoms with van der Waals surface area (Å²) in [7, 11) is 1.38. The second-order valence-electron chi connectivity index (χ2n) is 17.8. The zero-order valence-electron chi connectivity index (χ0n) is 38.1. The molecular formula is C47H96NO7P. The third-order valence-corrected chi connectivity index (χ3v) is 11.9. The van der Waals surface area contributed by atoms with Crippen LogP contribution in [0.3, 0.4) is 0 Å². The van der Waals surface area contributed by atoms with Crippen molar-refractivity contribution in [1.29, 1.82) is 0 Å². The lowest BCUT2D eigenvalue weighted by atomic mass is 10.0. The first kappa shape index (κ1) is 55.5. The van der Waals surface area contributed by atoms with Gasteiger partial charge in [-0.05, 0) is 12.8 Å². The van der Waals surface area contributed by atoms with Gasteiger partial charge < -0.3 is 27.9 Å². The standard InChI is InChI=1S/C47H96NO7P/c1-6-8-10-12-14-16-18-20-21-22-23-24-25-26-27-29-31-33-35-37-39-42-52-44-46(45-54-56(50,51)53-43-41-48(3,4)5)55-47(49)40-38-36-34-32-30-28-19-17-15-13-11-9-7-2/h46H,6-45H2,1-5H3. The van der Waals surface area contributed by atoms with Gasteiger partial charge >= 0.3 is 5.97 Å². The fraction of sp³-hybridized carbons (Fsp3) is 0.979. The molecule has 2 unspecified atom stereocenters. The maximum atomic E-state index is 12.7. The Balaban J connectivity index is 4.07. The van der Waals surface area contributed by atoms with Crippen LogP contribution in [0.2, 0.25) is 0 Å². The van der Waals surface area contributed by atoms with Gasteiger partial charge in [0.05, 0.1) is 34.4 Å². The molecule has 0 aromatic heterocycles. The Bertz CT molecular complexity index is 868. The fourth-order valence-electron chi connectivity index (χ4n) is 7.14. The van der Waals surface area contributed by atoms with Crippen molar-refractivity contribution in [3.05, 3.63) is 0 Å². The topological polar surface area (TPSA) is 94.1 Å². The number of likely N-dealkylation sites (N-methyl/N-ethyl adjacent to an activating group) is 1. The summed E-state index contributed by atoms with van der Waals surface area (Å²) in [5.74, 6) is -0.328. The molecule has 0 rings (SSSR count). The van der Waals surface area contributed by atoms with Gasteiger partial charge in [-0.1, -0.05) is 219 Å². The summed E-state index contributed by atoms with van der Waals surface area (Å²) in [6, 6.07) is 0. The van der Waals surface area contributed by atoms with Crippen molar-refractivity contribution < 1.29 is 37.3 Å². The molecule has 8 nitrogen and oxygen atoms in total. The molecule has 2 atom stereocenters. The molecule has 0 aromatic rings. The number of nitrogens with zero attached hydrogens (tertiary/aromatic N) is 1. The van der Waals surface area contributed by atoms with Crippen LogP contribution >= 0.6 is 7.82 Å². The SMILES string of the molecule is CCCCCCCCCCCCCCCCCCCCCCCOCC(COP(=O)([O-])OCC[N+](C)(C)C)OC(=O)CCCCCCCCCCCCCCC. The molecule has 9 heteroatoms. The number of carbonyl (C=O) groups excluding carboxylic acids is 1. The lowest BCUT2D eigenvalue weighted by Gasteiger charge is -2.28. The molecule has 0 heterocycles. The highest BCUT2D eigenvalue weighted by Crippen LogP contribution is 2.38. The van der Waals surface area contributed by atoms with E-state index in [4.69, 9.17) is 18.5 Å². The van der Waals surface area contributed by atoms with Gasteiger partial charge in [0.1, 0.15) is 19.3 Å². The van der Waals surface area contributed by atoms with Gasteiger partial charge in [-0.15, -0.1) is 0 Å². The second kappa shape index (κ2) is 41.2. The monoisotopic (exact) mass is 818 g/mol. The molecular weight excluding hydrogens is 721 g/mol. The molecule has 0 saturated carbocycles. The first-order valence-corrected chi connectivity index (χ1v) is 25.7. The first-order valence-electron chi connectivity index (χ1n) is 24.3. The molecule has 0 radical (unpaired) electrons. The van der Waals surface area contributed by atoms with Crippen LogP contribution in [0.5, 0.6) is 0 Å². The smallest absolute Gasteiger partial charge is 0.306 e. The zero-order chi connectivity index (χ0) is 41.3. The Labute approximate surface area is 348 Å². The molecule has 0 aromatic carbocycles. The van der Waals surface area contributed by atoms with Gasteiger partial charge in [0, 0.05) is 13.0 Å². The molecule has 0 aliphatic carbocycles. The van der Waals surface area contributed by atoms with Gasteiger partial charge in [-0.3, -0.25) is 9.36 Å². The summed E-state index contributed by atoms with van der Waals surface area (Å²) in [5.41, 5.74) is 0. The van der Waals surface area contributed by atoms with Crippen LogP contribution in [0.4, 0.5) is 0 Å². The molecule has 0 N–H and O–H groups in total. The maximum Gasteiger partial charge on any atom is 0.306 e. The van der Waals surface area contributed by atoms with E-state index in [2.05, 4.69) is 13.8 Å².